The van der Waals surface area contributed by atoms with Crippen LogP contribution in [0.25, 0.3) is 10.9 Å². The lowest BCUT2D eigenvalue weighted by Crippen LogP contribution is -2.26. The number of primary amides is 1. The van der Waals surface area contributed by atoms with Crippen LogP contribution in [0.15, 0.2) is 48.5 Å². The Labute approximate surface area is 138 Å². The molecule has 1 aromatic heterocycles. The topological polar surface area (TPSA) is 112 Å². The van der Waals surface area contributed by atoms with Crippen LogP contribution in [0, 0.1) is 10.8 Å². The lowest BCUT2D eigenvalue weighted by atomic mass is 10.1. The molecule has 4 N–H and O–H groups in total. The molecule has 0 fully saturated rings. The van der Waals surface area contributed by atoms with Crippen molar-refractivity contribution < 1.29 is 4.79 Å². The molecule has 120 valence electrons. The average molecular weight is 320 g/mol. The van der Waals surface area contributed by atoms with Gasteiger partial charge in [-0.1, -0.05) is 18.2 Å². The Morgan fingerprint density at radius 2 is 1.96 bits per heavy atom. The van der Waals surface area contributed by atoms with Crippen LogP contribution in [0.5, 0.6) is 0 Å². The van der Waals surface area contributed by atoms with E-state index in [-0.39, 0.29) is 5.62 Å². The zero-order valence-electron chi connectivity index (χ0n) is 13.0. The molecule has 3 aromatic rings. The van der Waals surface area contributed by atoms with Crippen LogP contribution in [0.4, 0.5) is 11.5 Å². The van der Waals surface area contributed by atoms with Crippen LogP contribution in [0.1, 0.15) is 10.4 Å². The minimum atomic E-state index is -0.540. The molecule has 1 heterocycles. The van der Waals surface area contributed by atoms with Crippen molar-refractivity contribution in [2.75, 3.05) is 11.9 Å². The van der Waals surface area contributed by atoms with Gasteiger partial charge in [0.1, 0.15) is 5.82 Å². The number of rotatable bonds is 4. The fourth-order valence-electron chi connectivity index (χ4n) is 2.57. The van der Waals surface area contributed by atoms with E-state index in [0.717, 1.165) is 12.0 Å². The fraction of sp³-hybridized carbons (Fsp3) is 0.0588. The normalized spacial score (nSPS) is 10.5. The molecule has 0 bridgehead atoms. The molecule has 0 saturated carbocycles. The number of fused-ring (bicyclic) bond motifs is 1. The number of hydrogen-bond acceptors (Lipinski definition) is 5. The minimum Gasteiger partial charge on any atom is -0.366 e. The van der Waals surface area contributed by atoms with Gasteiger partial charge in [0.25, 0.3) is 0 Å². The first kappa shape index (κ1) is 15.4. The number of para-hydroxylation sites is 1. The molecule has 7 heteroatoms. The van der Waals surface area contributed by atoms with Crippen LogP contribution in [-0.2, 0) is 0 Å². The van der Waals surface area contributed by atoms with E-state index >= 15 is 0 Å². The summed E-state index contributed by atoms with van der Waals surface area (Å²) < 4.78 is 1.34. The molecule has 0 atom stereocenters. The Kier molecular flexibility index (Phi) is 3.83. The summed E-state index contributed by atoms with van der Waals surface area (Å²) in [5.74, 6) is -0.0241. The number of nitrogens with two attached hydrogens (primary N) is 1. The van der Waals surface area contributed by atoms with Crippen LogP contribution >= 0.6 is 0 Å². The Bertz CT molecular complexity index is 993. The lowest BCUT2D eigenvalue weighted by molar-refractivity contribution is 0.100. The third-order valence-corrected chi connectivity index (χ3v) is 3.81. The molecule has 0 aliphatic heterocycles. The maximum absolute atomic E-state index is 11.5. The van der Waals surface area contributed by atoms with Crippen molar-refractivity contribution in [2.45, 2.75) is 0 Å². The van der Waals surface area contributed by atoms with Gasteiger partial charge in [0.05, 0.1) is 11.9 Å². The summed E-state index contributed by atoms with van der Waals surface area (Å²) >= 11 is 0. The molecule has 0 aliphatic carbocycles. The number of aromatic nitrogens is 2. The molecule has 1 amide bonds. The second-order valence-corrected chi connectivity index (χ2v) is 5.25. The molecule has 3 rings (SSSR count). The molecule has 7 nitrogen and oxygen atoms in total. The molecule has 0 radical (unpaired) electrons. The van der Waals surface area contributed by atoms with E-state index in [1.54, 1.807) is 18.2 Å². The van der Waals surface area contributed by atoms with Gasteiger partial charge in [-0.2, -0.15) is 4.98 Å². The molecular formula is C17H16N6O. The molecule has 0 saturated heterocycles. The number of amides is 1. The van der Waals surface area contributed by atoms with E-state index in [0.29, 0.717) is 22.3 Å². The zero-order chi connectivity index (χ0) is 17.3. The number of carbonyl (C=O) groups is 1. The lowest BCUT2D eigenvalue weighted by Gasteiger charge is -2.21. The highest BCUT2D eigenvalue weighted by molar-refractivity contribution is 6.01. The third kappa shape index (κ3) is 2.52. The van der Waals surface area contributed by atoms with Crippen molar-refractivity contribution >= 4 is 34.7 Å². The van der Waals surface area contributed by atoms with Gasteiger partial charge >= 0.3 is 0 Å². The van der Waals surface area contributed by atoms with Gasteiger partial charge < -0.3 is 10.6 Å². The van der Waals surface area contributed by atoms with Crippen molar-refractivity contribution in [3.8, 4) is 0 Å². The van der Waals surface area contributed by atoms with Gasteiger partial charge in [0.2, 0.25) is 11.5 Å². The number of anilines is 2. The molecule has 2 aromatic carbocycles. The smallest absolute Gasteiger partial charge is 0.248 e. The van der Waals surface area contributed by atoms with Crippen LogP contribution < -0.4 is 16.3 Å². The first-order chi connectivity index (χ1) is 11.5. The van der Waals surface area contributed by atoms with Crippen LogP contribution in [0.2, 0.25) is 0 Å². The average Bonchev–Trinajstić information content (AvgIpc) is 2.60. The number of nitrogens with zero attached hydrogens (tertiary/aromatic N) is 3. The van der Waals surface area contributed by atoms with Gasteiger partial charge in [-0.3, -0.25) is 20.2 Å². The number of benzene rings is 2. The van der Waals surface area contributed by atoms with E-state index in [2.05, 4.69) is 4.98 Å². The van der Waals surface area contributed by atoms with Crippen LogP contribution in [0.3, 0.4) is 0 Å². The van der Waals surface area contributed by atoms with Crippen LogP contribution in [-0.4, -0.2) is 28.8 Å². The quantitative estimate of drug-likeness (QED) is 0.503. The van der Waals surface area contributed by atoms with Gasteiger partial charge in [0, 0.05) is 23.7 Å². The standard InChI is InChI=1S/C17H16N6O/c1-22(12-5-3-2-4-6-12)16-13-9-11(15(19)24)7-8-14(13)23(10-18)17(20)21-16/h2-10,18,20H,1H3,(H2,19,24). The van der Waals surface area contributed by atoms with Crippen molar-refractivity contribution in [3.05, 3.63) is 59.7 Å². The van der Waals surface area contributed by atoms with E-state index in [1.807, 2.05) is 42.3 Å². The highest BCUT2D eigenvalue weighted by Crippen LogP contribution is 2.28. The highest BCUT2D eigenvalue weighted by Gasteiger charge is 2.15. The van der Waals surface area contributed by atoms with E-state index in [1.165, 1.54) is 4.57 Å². The Morgan fingerprint density at radius 1 is 1.25 bits per heavy atom. The molecule has 0 unspecified atom stereocenters. The van der Waals surface area contributed by atoms with Gasteiger partial charge in [0.15, 0.2) is 0 Å². The summed E-state index contributed by atoms with van der Waals surface area (Å²) in [7, 11) is 1.84. The minimum absolute atomic E-state index is 0.0675. The monoisotopic (exact) mass is 320 g/mol. The third-order valence-electron chi connectivity index (χ3n) is 3.81. The van der Waals surface area contributed by atoms with Gasteiger partial charge in [-0.25, -0.2) is 0 Å². The van der Waals surface area contributed by atoms with Gasteiger partial charge in [-0.05, 0) is 30.3 Å². The predicted octanol–water partition coefficient (Wildman–Crippen LogP) is 1.84. The van der Waals surface area contributed by atoms with Crippen molar-refractivity contribution in [2.24, 2.45) is 5.73 Å². The summed E-state index contributed by atoms with van der Waals surface area (Å²) in [6, 6.07) is 14.5. The highest BCUT2D eigenvalue weighted by atomic mass is 16.1. The Hall–Kier alpha value is -3.48. The zero-order valence-corrected chi connectivity index (χ0v) is 13.0. The summed E-state index contributed by atoms with van der Waals surface area (Å²) in [6.07, 6.45) is 1.02. The molecule has 0 spiro atoms. The predicted molar refractivity (Wildman–Crippen MR) is 92.8 cm³/mol. The maximum Gasteiger partial charge on any atom is 0.248 e. The SMILES string of the molecule is CN(c1ccccc1)c1nc(=N)n(C=N)c2ccc(C(N)=O)cc12. The summed E-state index contributed by atoms with van der Waals surface area (Å²) in [6.45, 7) is 0. The summed E-state index contributed by atoms with van der Waals surface area (Å²) in [5.41, 5.74) is 7.16. The maximum atomic E-state index is 11.5. The number of hydrogen-bond donors (Lipinski definition) is 3. The van der Waals surface area contributed by atoms with Gasteiger partial charge in [-0.15, -0.1) is 0 Å². The largest absolute Gasteiger partial charge is 0.366 e. The molecule has 0 aliphatic rings. The number of nitrogens with one attached hydrogen (secondary N) is 2. The fourth-order valence-corrected chi connectivity index (χ4v) is 2.57. The second kappa shape index (κ2) is 5.96. The Morgan fingerprint density at radius 3 is 2.58 bits per heavy atom. The first-order valence-corrected chi connectivity index (χ1v) is 7.23. The molecular weight excluding hydrogens is 304 g/mol. The van der Waals surface area contributed by atoms with Crippen molar-refractivity contribution in [3.63, 3.8) is 0 Å². The first-order valence-electron chi connectivity index (χ1n) is 7.23. The summed E-state index contributed by atoms with van der Waals surface area (Å²) in [5, 5.41) is 16.2. The van der Waals surface area contributed by atoms with E-state index in [4.69, 9.17) is 16.6 Å². The Balaban J connectivity index is 2.34. The van der Waals surface area contributed by atoms with Crippen molar-refractivity contribution in [1.82, 2.24) is 9.55 Å². The van der Waals surface area contributed by atoms with E-state index in [9.17, 15) is 4.79 Å². The molecule has 24 heavy (non-hydrogen) atoms. The summed E-state index contributed by atoms with van der Waals surface area (Å²) in [4.78, 5) is 17.7. The van der Waals surface area contributed by atoms with Crippen molar-refractivity contribution in [1.29, 1.82) is 10.8 Å². The second-order valence-electron chi connectivity index (χ2n) is 5.25. The van der Waals surface area contributed by atoms with E-state index < -0.39 is 5.91 Å². The number of carbonyl (C=O) groups excluding carboxylic acids is 1.